The average molecular weight is 248 g/mol. The van der Waals surface area contributed by atoms with Crippen LogP contribution in [0.15, 0.2) is 12.4 Å². The fraction of sp³-hybridized carbons (Fsp3) is 0.643. The Morgan fingerprint density at radius 1 is 1.28 bits per heavy atom. The van der Waals surface area contributed by atoms with Crippen molar-refractivity contribution >= 4 is 5.78 Å². The first-order chi connectivity index (χ1) is 8.76. The molecule has 1 aliphatic rings. The molecule has 0 aliphatic heterocycles. The molecule has 0 saturated heterocycles. The van der Waals surface area contributed by atoms with Gasteiger partial charge in [0, 0.05) is 18.3 Å². The van der Waals surface area contributed by atoms with Crippen LogP contribution < -0.4 is 4.74 Å². The van der Waals surface area contributed by atoms with Crippen molar-refractivity contribution in [3.63, 3.8) is 0 Å². The number of hydrogen-bond donors (Lipinski definition) is 0. The summed E-state index contributed by atoms with van der Waals surface area (Å²) in [6.07, 6.45) is 8.55. The Bertz CT molecular complexity index is 412. The van der Waals surface area contributed by atoms with E-state index in [1.54, 1.807) is 12.4 Å². The minimum absolute atomic E-state index is 0.0921. The van der Waals surface area contributed by atoms with Crippen molar-refractivity contribution in [3.8, 4) is 5.88 Å². The fourth-order valence-electron chi connectivity index (χ4n) is 2.67. The molecule has 1 fully saturated rings. The Balaban J connectivity index is 2.08. The van der Waals surface area contributed by atoms with Crippen LogP contribution in [0.25, 0.3) is 0 Å². The number of hydrogen-bond acceptors (Lipinski definition) is 4. The van der Waals surface area contributed by atoms with Gasteiger partial charge in [0.25, 0.3) is 0 Å². The summed E-state index contributed by atoms with van der Waals surface area (Å²) in [5.74, 6) is 1.32. The van der Waals surface area contributed by atoms with Gasteiger partial charge in [0.15, 0.2) is 11.5 Å². The Kier molecular flexibility index (Phi) is 4.28. The summed E-state index contributed by atoms with van der Waals surface area (Å²) in [6, 6.07) is 0. The van der Waals surface area contributed by atoms with E-state index >= 15 is 0 Å². The van der Waals surface area contributed by atoms with Gasteiger partial charge in [-0.1, -0.05) is 13.3 Å². The molecule has 2 rings (SSSR count). The molecular formula is C14H20N2O2. The van der Waals surface area contributed by atoms with E-state index < -0.39 is 0 Å². The smallest absolute Gasteiger partial charge is 0.243 e. The molecular weight excluding hydrogens is 228 g/mol. The Labute approximate surface area is 108 Å². The average Bonchev–Trinajstić information content (AvgIpc) is 2.46. The molecule has 1 aliphatic carbocycles. The lowest BCUT2D eigenvalue weighted by atomic mass is 9.78. The molecule has 0 N–H and O–H groups in total. The second-order valence-electron chi connectivity index (χ2n) is 4.90. The van der Waals surface area contributed by atoms with Crippen LogP contribution in [0.4, 0.5) is 0 Å². The van der Waals surface area contributed by atoms with Gasteiger partial charge in [0.05, 0.1) is 7.11 Å². The Hall–Kier alpha value is -1.45. The van der Waals surface area contributed by atoms with Gasteiger partial charge in [-0.25, -0.2) is 9.97 Å². The van der Waals surface area contributed by atoms with Gasteiger partial charge in [-0.15, -0.1) is 0 Å². The van der Waals surface area contributed by atoms with Gasteiger partial charge in [0.2, 0.25) is 5.88 Å². The third-order valence-corrected chi connectivity index (χ3v) is 3.89. The first-order valence-electron chi connectivity index (χ1n) is 6.65. The molecule has 1 aromatic heterocycles. The predicted octanol–water partition coefficient (Wildman–Crippen LogP) is 2.88. The van der Waals surface area contributed by atoms with E-state index in [0.29, 0.717) is 11.6 Å². The van der Waals surface area contributed by atoms with Crippen molar-refractivity contribution in [2.45, 2.75) is 39.0 Å². The lowest BCUT2D eigenvalue weighted by molar-refractivity contribution is 0.0861. The monoisotopic (exact) mass is 248 g/mol. The second kappa shape index (κ2) is 5.94. The normalized spacial score (nSPS) is 23.7. The quantitative estimate of drug-likeness (QED) is 0.769. The number of methoxy groups -OCH3 is 1. The van der Waals surface area contributed by atoms with Crippen molar-refractivity contribution in [1.29, 1.82) is 0 Å². The lowest BCUT2D eigenvalue weighted by Gasteiger charge is -2.26. The van der Waals surface area contributed by atoms with Gasteiger partial charge in [0.1, 0.15) is 0 Å². The number of aromatic nitrogens is 2. The Morgan fingerprint density at radius 2 is 1.94 bits per heavy atom. The van der Waals surface area contributed by atoms with Crippen LogP contribution in [0, 0.1) is 11.8 Å². The maximum Gasteiger partial charge on any atom is 0.243 e. The number of Topliss-reactive ketones (excluding diaryl/α,β-unsaturated/α-hetero) is 1. The largest absolute Gasteiger partial charge is 0.479 e. The van der Waals surface area contributed by atoms with E-state index in [-0.39, 0.29) is 11.7 Å². The molecule has 0 bridgehead atoms. The molecule has 0 radical (unpaired) electrons. The molecule has 1 heterocycles. The molecule has 0 aromatic carbocycles. The highest BCUT2D eigenvalue weighted by molar-refractivity contribution is 5.97. The van der Waals surface area contributed by atoms with Gasteiger partial charge >= 0.3 is 0 Å². The maximum atomic E-state index is 12.4. The SMILES string of the molecule is CCC1CCC(C(=O)c2nccnc2OC)CC1. The van der Waals surface area contributed by atoms with Crippen LogP contribution in [0.1, 0.15) is 49.5 Å². The second-order valence-corrected chi connectivity index (χ2v) is 4.90. The number of carbonyl (C=O) groups excluding carboxylic acids is 1. The third-order valence-electron chi connectivity index (χ3n) is 3.89. The van der Waals surface area contributed by atoms with Crippen LogP contribution in [0.3, 0.4) is 0 Å². The molecule has 18 heavy (non-hydrogen) atoms. The van der Waals surface area contributed by atoms with Crippen molar-refractivity contribution in [2.75, 3.05) is 7.11 Å². The van der Waals surface area contributed by atoms with Crippen molar-refractivity contribution in [2.24, 2.45) is 11.8 Å². The molecule has 0 spiro atoms. The van der Waals surface area contributed by atoms with E-state index in [1.165, 1.54) is 13.5 Å². The number of ketones is 1. The van der Waals surface area contributed by atoms with Gasteiger partial charge in [-0.2, -0.15) is 0 Å². The molecule has 98 valence electrons. The van der Waals surface area contributed by atoms with Gasteiger partial charge in [-0.3, -0.25) is 4.79 Å². The first kappa shape index (κ1) is 13.0. The topological polar surface area (TPSA) is 52.1 Å². The summed E-state index contributed by atoms with van der Waals surface area (Å²) in [5, 5.41) is 0. The zero-order chi connectivity index (χ0) is 13.0. The zero-order valence-corrected chi connectivity index (χ0v) is 11.1. The van der Waals surface area contributed by atoms with Crippen LogP contribution in [-0.4, -0.2) is 22.9 Å². The van der Waals surface area contributed by atoms with E-state index in [0.717, 1.165) is 31.6 Å². The number of carbonyl (C=O) groups is 1. The predicted molar refractivity (Wildman–Crippen MR) is 68.7 cm³/mol. The highest BCUT2D eigenvalue weighted by atomic mass is 16.5. The van der Waals surface area contributed by atoms with E-state index in [9.17, 15) is 4.79 Å². The van der Waals surface area contributed by atoms with Crippen LogP contribution in [-0.2, 0) is 0 Å². The summed E-state index contributed by atoms with van der Waals surface area (Å²) < 4.78 is 5.11. The standard InChI is InChI=1S/C14H20N2O2/c1-3-10-4-6-11(7-5-10)13(17)12-14(18-2)16-9-8-15-12/h8-11H,3-7H2,1-2H3. The van der Waals surface area contributed by atoms with Crippen molar-refractivity contribution in [3.05, 3.63) is 18.1 Å². The third kappa shape index (κ3) is 2.68. The molecule has 1 saturated carbocycles. The summed E-state index contributed by atoms with van der Waals surface area (Å²) in [6.45, 7) is 2.22. The van der Waals surface area contributed by atoms with E-state index in [2.05, 4.69) is 16.9 Å². The Morgan fingerprint density at radius 3 is 2.56 bits per heavy atom. The maximum absolute atomic E-state index is 12.4. The fourth-order valence-corrected chi connectivity index (χ4v) is 2.67. The molecule has 4 nitrogen and oxygen atoms in total. The van der Waals surface area contributed by atoms with Gasteiger partial charge in [-0.05, 0) is 31.6 Å². The molecule has 0 atom stereocenters. The van der Waals surface area contributed by atoms with Crippen LogP contribution in [0.5, 0.6) is 5.88 Å². The lowest BCUT2D eigenvalue weighted by Crippen LogP contribution is -2.23. The van der Waals surface area contributed by atoms with E-state index in [4.69, 9.17) is 4.74 Å². The van der Waals surface area contributed by atoms with Gasteiger partial charge < -0.3 is 4.74 Å². The molecule has 0 unspecified atom stereocenters. The molecule has 1 aromatic rings. The first-order valence-corrected chi connectivity index (χ1v) is 6.65. The number of rotatable bonds is 4. The van der Waals surface area contributed by atoms with Crippen LogP contribution >= 0.6 is 0 Å². The van der Waals surface area contributed by atoms with Crippen molar-refractivity contribution in [1.82, 2.24) is 9.97 Å². The molecule has 0 amide bonds. The zero-order valence-electron chi connectivity index (χ0n) is 11.1. The summed E-state index contributed by atoms with van der Waals surface area (Å²) in [7, 11) is 1.52. The number of ether oxygens (including phenoxy) is 1. The van der Waals surface area contributed by atoms with Crippen molar-refractivity contribution < 1.29 is 9.53 Å². The summed E-state index contributed by atoms with van der Waals surface area (Å²) >= 11 is 0. The van der Waals surface area contributed by atoms with Crippen LogP contribution in [0.2, 0.25) is 0 Å². The summed E-state index contributed by atoms with van der Waals surface area (Å²) in [4.78, 5) is 20.6. The number of nitrogens with zero attached hydrogens (tertiary/aromatic N) is 2. The highest BCUT2D eigenvalue weighted by Crippen LogP contribution is 2.33. The molecule has 4 heteroatoms. The minimum atomic E-state index is 0.0921. The summed E-state index contributed by atoms with van der Waals surface area (Å²) in [5.41, 5.74) is 0.389. The van der Waals surface area contributed by atoms with E-state index in [1.807, 2.05) is 0 Å². The minimum Gasteiger partial charge on any atom is -0.479 e. The highest BCUT2D eigenvalue weighted by Gasteiger charge is 2.29.